The van der Waals surface area contributed by atoms with Crippen molar-refractivity contribution < 1.29 is 0 Å². The molecule has 4 heterocycles. The van der Waals surface area contributed by atoms with Crippen LogP contribution in [-0.4, -0.2) is 41.6 Å². The van der Waals surface area contributed by atoms with Gasteiger partial charge in [0.25, 0.3) is 0 Å². The Kier molecular flexibility index (Phi) is 3.76. The second-order valence-corrected chi connectivity index (χ2v) is 6.60. The maximum Gasteiger partial charge on any atom is 0.169 e. The number of hydrogen-bond donors (Lipinski definition) is 1. The van der Waals surface area contributed by atoms with Crippen LogP contribution < -0.4 is 5.32 Å². The van der Waals surface area contributed by atoms with Crippen LogP contribution in [-0.2, 0) is 0 Å². The second kappa shape index (κ2) is 5.96. The van der Waals surface area contributed by atoms with Crippen molar-refractivity contribution in [1.29, 1.82) is 0 Å². The van der Waals surface area contributed by atoms with Crippen molar-refractivity contribution in [1.82, 2.24) is 34.8 Å². The Labute approximate surface area is 151 Å². The van der Waals surface area contributed by atoms with Crippen molar-refractivity contribution in [2.24, 2.45) is 0 Å². The minimum Gasteiger partial charge on any atom is -0.352 e. The molecule has 2 atom stereocenters. The molecule has 0 bridgehead atoms. The van der Waals surface area contributed by atoms with Crippen LogP contribution in [0.4, 0.5) is 0 Å². The van der Waals surface area contributed by atoms with Crippen LogP contribution in [0.15, 0.2) is 43.1 Å². The summed E-state index contributed by atoms with van der Waals surface area (Å²) >= 11 is 5.51. The number of aryl methyl sites for hydroxylation is 1. The smallest absolute Gasteiger partial charge is 0.169 e. The molecule has 4 rings (SSSR count). The third-order valence-corrected chi connectivity index (χ3v) is 5.13. The molecule has 0 unspecified atom stereocenters. The van der Waals surface area contributed by atoms with Gasteiger partial charge in [0.1, 0.15) is 12.7 Å². The van der Waals surface area contributed by atoms with Crippen LogP contribution in [0.2, 0.25) is 0 Å². The highest BCUT2D eigenvalue weighted by Gasteiger charge is 2.39. The van der Waals surface area contributed by atoms with E-state index in [1.165, 1.54) is 5.56 Å². The molecule has 25 heavy (non-hydrogen) atoms. The lowest BCUT2D eigenvalue weighted by Crippen LogP contribution is -2.25. The van der Waals surface area contributed by atoms with Crippen LogP contribution in [0.3, 0.4) is 0 Å². The molecule has 1 aliphatic rings. The summed E-state index contributed by atoms with van der Waals surface area (Å²) < 4.78 is 3.98. The van der Waals surface area contributed by atoms with Crippen LogP contribution in [0.25, 0.3) is 0 Å². The predicted molar refractivity (Wildman–Crippen MR) is 97.9 cm³/mol. The number of hydrogen-bond acceptors (Lipinski definition) is 4. The maximum absolute atomic E-state index is 5.51. The Bertz CT molecular complexity index is 901. The van der Waals surface area contributed by atoms with Crippen molar-refractivity contribution in [3.05, 3.63) is 65.8 Å². The lowest BCUT2D eigenvalue weighted by molar-refractivity contribution is 0.366. The largest absolute Gasteiger partial charge is 0.352 e. The minimum absolute atomic E-state index is 0.00793. The third-order valence-electron chi connectivity index (χ3n) is 4.73. The number of aromatic nitrogens is 5. The van der Waals surface area contributed by atoms with Gasteiger partial charge < -0.3 is 10.2 Å². The monoisotopic (exact) mass is 353 g/mol. The van der Waals surface area contributed by atoms with E-state index in [0.29, 0.717) is 0 Å². The first kappa shape index (κ1) is 15.8. The quantitative estimate of drug-likeness (QED) is 0.727. The molecule has 7 nitrogen and oxygen atoms in total. The fourth-order valence-electron chi connectivity index (χ4n) is 3.58. The van der Waals surface area contributed by atoms with Gasteiger partial charge in [-0.3, -0.25) is 9.66 Å². The highest BCUT2D eigenvalue weighted by atomic mass is 32.1. The average molecular weight is 353 g/mol. The molecule has 3 aromatic heterocycles. The molecule has 0 spiro atoms. The van der Waals surface area contributed by atoms with Crippen molar-refractivity contribution in [2.45, 2.75) is 25.9 Å². The van der Waals surface area contributed by atoms with Crippen LogP contribution in [0.5, 0.6) is 0 Å². The van der Waals surface area contributed by atoms with Gasteiger partial charge in [0, 0.05) is 30.2 Å². The topological polar surface area (TPSA) is 63.8 Å². The summed E-state index contributed by atoms with van der Waals surface area (Å²) in [6.07, 6.45) is 5.21. The Balaban J connectivity index is 1.82. The lowest BCUT2D eigenvalue weighted by atomic mass is 9.97. The van der Waals surface area contributed by atoms with Gasteiger partial charge in [0.2, 0.25) is 0 Å². The normalized spacial score (nSPS) is 20.1. The van der Waals surface area contributed by atoms with Crippen LogP contribution >= 0.6 is 12.2 Å². The van der Waals surface area contributed by atoms with E-state index in [1.807, 2.05) is 36.1 Å². The number of nitrogens with zero attached hydrogens (tertiary/aromatic N) is 6. The van der Waals surface area contributed by atoms with Gasteiger partial charge in [-0.15, -0.1) is 10.2 Å². The van der Waals surface area contributed by atoms with Gasteiger partial charge in [0.05, 0.1) is 17.8 Å². The van der Waals surface area contributed by atoms with E-state index in [0.717, 1.165) is 22.2 Å². The molecule has 1 aliphatic heterocycles. The second-order valence-electron chi connectivity index (χ2n) is 6.22. The standard InChI is InChI=1S/C17H19N7S/c1-11-8-13(12(2)24(11)23-9-19-20-10-23)16-15(21-17(25)22(16)3)14-6-4-5-7-18-14/h4-10,15-16H,1-3H3,(H,21,25)/t15-,16+/m0/s1. The summed E-state index contributed by atoms with van der Waals surface area (Å²) in [4.78, 5) is 6.64. The van der Waals surface area contributed by atoms with Gasteiger partial charge in [-0.1, -0.05) is 6.07 Å². The Hall–Kier alpha value is -2.74. The first-order valence-corrected chi connectivity index (χ1v) is 8.47. The number of thiocarbonyl (C=S) groups is 1. The Morgan fingerprint density at radius 3 is 2.60 bits per heavy atom. The van der Waals surface area contributed by atoms with E-state index in [9.17, 15) is 0 Å². The zero-order valence-electron chi connectivity index (χ0n) is 14.3. The van der Waals surface area contributed by atoms with Gasteiger partial charge in [-0.2, -0.15) is 0 Å². The first-order chi connectivity index (χ1) is 12.1. The number of rotatable bonds is 3. The average Bonchev–Trinajstić information content (AvgIpc) is 3.29. The molecule has 8 heteroatoms. The molecule has 0 radical (unpaired) electrons. The molecule has 128 valence electrons. The predicted octanol–water partition coefficient (Wildman–Crippen LogP) is 2.01. The number of pyridine rings is 1. The molecule has 0 aliphatic carbocycles. The SMILES string of the molecule is Cc1cc([C@@H]2[C@H](c3ccccn3)NC(=S)N2C)c(C)n1-n1cnnc1. The fraction of sp³-hybridized carbons (Fsp3) is 0.294. The zero-order valence-corrected chi connectivity index (χ0v) is 15.1. The van der Waals surface area contributed by atoms with Crippen molar-refractivity contribution >= 4 is 17.3 Å². The summed E-state index contributed by atoms with van der Waals surface area (Å²) in [6.45, 7) is 4.18. The molecule has 3 aromatic rings. The zero-order chi connectivity index (χ0) is 17.6. The van der Waals surface area contributed by atoms with E-state index in [4.69, 9.17) is 12.2 Å². The minimum atomic E-state index is 0.00793. The van der Waals surface area contributed by atoms with E-state index < -0.39 is 0 Å². The highest BCUT2D eigenvalue weighted by Crippen LogP contribution is 2.39. The van der Waals surface area contributed by atoms with E-state index in [-0.39, 0.29) is 12.1 Å². The van der Waals surface area contributed by atoms with Crippen molar-refractivity contribution in [2.75, 3.05) is 7.05 Å². The van der Waals surface area contributed by atoms with Crippen molar-refractivity contribution in [3.8, 4) is 0 Å². The Morgan fingerprint density at radius 2 is 1.92 bits per heavy atom. The summed E-state index contributed by atoms with van der Waals surface area (Å²) in [5, 5.41) is 12.0. The molecule has 1 saturated heterocycles. The highest BCUT2D eigenvalue weighted by molar-refractivity contribution is 7.80. The molecule has 0 saturated carbocycles. The van der Waals surface area contributed by atoms with Crippen LogP contribution in [0.1, 0.15) is 34.7 Å². The molecule has 1 N–H and O–H groups in total. The first-order valence-electron chi connectivity index (χ1n) is 8.06. The molecular formula is C17H19N7S. The fourth-order valence-corrected chi connectivity index (χ4v) is 3.82. The number of nitrogens with one attached hydrogen (secondary N) is 1. The van der Waals surface area contributed by atoms with E-state index in [1.54, 1.807) is 12.7 Å². The van der Waals surface area contributed by atoms with Gasteiger partial charge >= 0.3 is 0 Å². The van der Waals surface area contributed by atoms with Gasteiger partial charge in [0.15, 0.2) is 5.11 Å². The van der Waals surface area contributed by atoms with E-state index in [2.05, 4.69) is 50.0 Å². The molecule has 0 amide bonds. The summed E-state index contributed by atoms with van der Waals surface area (Å²) in [7, 11) is 2.02. The lowest BCUT2D eigenvalue weighted by Gasteiger charge is -2.24. The Morgan fingerprint density at radius 1 is 1.16 bits per heavy atom. The summed E-state index contributed by atoms with van der Waals surface area (Å²) in [5.41, 5.74) is 4.42. The number of likely N-dealkylation sites (N-methyl/N-ethyl adjacent to an activating group) is 1. The molecule has 0 aromatic carbocycles. The summed E-state index contributed by atoms with van der Waals surface area (Å²) in [6, 6.07) is 8.23. The van der Waals surface area contributed by atoms with Gasteiger partial charge in [-0.05, 0) is 44.3 Å². The molecular weight excluding hydrogens is 334 g/mol. The van der Waals surface area contributed by atoms with Crippen molar-refractivity contribution in [3.63, 3.8) is 0 Å². The molecule has 1 fully saturated rings. The van der Waals surface area contributed by atoms with Crippen LogP contribution in [0, 0.1) is 13.8 Å². The maximum atomic E-state index is 5.51. The third kappa shape index (κ3) is 2.49. The van der Waals surface area contributed by atoms with E-state index >= 15 is 0 Å². The summed E-state index contributed by atoms with van der Waals surface area (Å²) in [5.74, 6) is 0. The van der Waals surface area contributed by atoms with Gasteiger partial charge in [-0.25, -0.2) is 4.68 Å².